The van der Waals surface area contributed by atoms with E-state index in [1.165, 1.54) is 0 Å². The van der Waals surface area contributed by atoms with Crippen molar-refractivity contribution in [2.24, 2.45) is 10.9 Å². The van der Waals surface area contributed by atoms with Crippen molar-refractivity contribution in [3.8, 4) is 0 Å². The molecule has 0 aliphatic heterocycles. The summed E-state index contributed by atoms with van der Waals surface area (Å²) in [5, 5.41) is 0.770. The molecule has 88 valence electrons. The van der Waals surface area contributed by atoms with Crippen LogP contribution < -0.4 is 0 Å². The van der Waals surface area contributed by atoms with Crippen molar-refractivity contribution in [2.75, 3.05) is 0 Å². The third-order valence-electron chi connectivity index (χ3n) is 2.49. The van der Waals surface area contributed by atoms with E-state index in [2.05, 4.69) is 27.7 Å². The van der Waals surface area contributed by atoms with Gasteiger partial charge >= 0.3 is 0 Å². The molecule has 0 saturated heterocycles. The van der Waals surface area contributed by atoms with Crippen LogP contribution in [0, 0.1) is 5.92 Å². The van der Waals surface area contributed by atoms with Crippen LogP contribution in [0.4, 0.5) is 0 Å². The average Bonchev–Trinajstić information content (AvgIpc) is 2.16. The molecule has 1 atom stereocenters. The fraction of sp³-hybridized carbons (Fsp3) is 0.500. The third-order valence-corrected chi connectivity index (χ3v) is 2.74. The second-order valence-corrected chi connectivity index (χ2v) is 5.14. The van der Waals surface area contributed by atoms with E-state index in [-0.39, 0.29) is 0 Å². The van der Waals surface area contributed by atoms with Gasteiger partial charge in [-0.3, -0.25) is 4.99 Å². The first-order valence-electron chi connectivity index (χ1n) is 5.79. The number of halogens is 1. The zero-order valence-electron chi connectivity index (χ0n) is 10.5. The van der Waals surface area contributed by atoms with Crippen LogP contribution in [0.1, 0.15) is 39.7 Å². The lowest BCUT2D eigenvalue weighted by molar-refractivity contribution is 0.522. The molecule has 1 rings (SSSR count). The smallest absolute Gasteiger partial charge is 0.0477 e. The Hall–Kier alpha value is -0.820. The van der Waals surface area contributed by atoms with E-state index in [1.807, 2.05) is 24.3 Å². The molecule has 1 aromatic carbocycles. The van der Waals surface area contributed by atoms with E-state index >= 15 is 0 Å². The lowest BCUT2D eigenvalue weighted by atomic mass is 10.1. The van der Waals surface area contributed by atoms with E-state index in [9.17, 15) is 0 Å². The lowest BCUT2D eigenvalue weighted by Crippen LogP contribution is -2.07. The first-order chi connectivity index (χ1) is 7.49. The number of aliphatic imine (C=N–C) groups is 1. The van der Waals surface area contributed by atoms with Gasteiger partial charge in [-0.2, -0.15) is 0 Å². The molecule has 16 heavy (non-hydrogen) atoms. The van der Waals surface area contributed by atoms with Gasteiger partial charge in [0, 0.05) is 16.8 Å². The Morgan fingerprint density at radius 1 is 1.19 bits per heavy atom. The van der Waals surface area contributed by atoms with Crippen molar-refractivity contribution in [3.63, 3.8) is 0 Å². The van der Waals surface area contributed by atoms with Crippen LogP contribution in [0.25, 0.3) is 0 Å². The summed E-state index contributed by atoms with van der Waals surface area (Å²) in [5.41, 5.74) is 2.24. The van der Waals surface area contributed by atoms with Crippen molar-refractivity contribution < 1.29 is 0 Å². The predicted molar refractivity (Wildman–Crippen MR) is 72.6 cm³/mol. The standard InChI is InChI=1S/C14H20ClN/c1-10(2)9-11(3)16-12(4)13-5-7-14(15)8-6-13/h5-8,10-11H,9H2,1-4H3/t11-/m0/s1. The van der Waals surface area contributed by atoms with Gasteiger partial charge in [0.2, 0.25) is 0 Å². The average molecular weight is 238 g/mol. The number of hydrogen-bond donors (Lipinski definition) is 0. The molecule has 0 radical (unpaired) electrons. The Morgan fingerprint density at radius 3 is 2.25 bits per heavy atom. The summed E-state index contributed by atoms with van der Waals surface area (Å²) >= 11 is 5.85. The van der Waals surface area contributed by atoms with Gasteiger partial charge in [-0.25, -0.2) is 0 Å². The first-order valence-corrected chi connectivity index (χ1v) is 6.17. The third kappa shape index (κ3) is 4.36. The van der Waals surface area contributed by atoms with E-state index < -0.39 is 0 Å². The van der Waals surface area contributed by atoms with Crippen molar-refractivity contribution in [2.45, 2.75) is 40.2 Å². The van der Waals surface area contributed by atoms with Crippen LogP contribution in [0.15, 0.2) is 29.3 Å². The van der Waals surface area contributed by atoms with Crippen LogP contribution in [0.2, 0.25) is 5.02 Å². The van der Waals surface area contributed by atoms with Gasteiger partial charge in [0.1, 0.15) is 0 Å². The van der Waals surface area contributed by atoms with Gasteiger partial charge in [0.05, 0.1) is 0 Å². The van der Waals surface area contributed by atoms with Crippen molar-refractivity contribution in [1.29, 1.82) is 0 Å². The lowest BCUT2D eigenvalue weighted by Gasteiger charge is -2.11. The summed E-state index contributed by atoms with van der Waals surface area (Å²) in [6.45, 7) is 8.67. The molecular formula is C14H20ClN. The zero-order chi connectivity index (χ0) is 12.1. The number of benzene rings is 1. The molecule has 0 amide bonds. The van der Waals surface area contributed by atoms with E-state index in [0.717, 1.165) is 22.7 Å². The van der Waals surface area contributed by atoms with Crippen molar-refractivity contribution >= 4 is 17.3 Å². The highest BCUT2D eigenvalue weighted by Crippen LogP contribution is 2.13. The molecule has 1 nitrogen and oxygen atoms in total. The summed E-state index contributed by atoms with van der Waals surface area (Å²) in [6.07, 6.45) is 1.13. The van der Waals surface area contributed by atoms with Gasteiger partial charge in [-0.15, -0.1) is 0 Å². The van der Waals surface area contributed by atoms with Gasteiger partial charge in [-0.1, -0.05) is 37.6 Å². The highest BCUT2D eigenvalue weighted by Gasteiger charge is 2.04. The Balaban J connectivity index is 2.73. The van der Waals surface area contributed by atoms with Gasteiger partial charge in [0.15, 0.2) is 0 Å². The van der Waals surface area contributed by atoms with Crippen molar-refractivity contribution in [3.05, 3.63) is 34.9 Å². The summed E-state index contributed by atoms with van der Waals surface area (Å²) < 4.78 is 0. The quantitative estimate of drug-likeness (QED) is 0.680. The van der Waals surface area contributed by atoms with Crippen LogP contribution >= 0.6 is 11.6 Å². The Morgan fingerprint density at radius 2 is 1.75 bits per heavy atom. The first kappa shape index (κ1) is 13.2. The second-order valence-electron chi connectivity index (χ2n) is 4.70. The number of rotatable bonds is 4. The van der Waals surface area contributed by atoms with Crippen LogP contribution in [0.5, 0.6) is 0 Å². The molecule has 0 fully saturated rings. The molecule has 0 heterocycles. The van der Waals surface area contributed by atoms with Crippen LogP contribution in [0.3, 0.4) is 0 Å². The summed E-state index contributed by atoms with van der Waals surface area (Å²) in [6, 6.07) is 8.23. The summed E-state index contributed by atoms with van der Waals surface area (Å²) in [7, 11) is 0. The van der Waals surface area contributed by atoms with E-state index in [1.54, 1.807) is 0 Å². The number of hydrogen-bond acceptors (Lipinski definition) is 1. The van der Waals surface area contributed by atoms with Crippen molar-refractivity contribution in [1.82, 2.24) is 0 Å². The molecule has 0 unspecified atom stereocenters. The molecule has 0 aliphatic carbocycles. The molecule has 0 bridgehead atoms. The van der Waals surface area contributed by atoms with Crippen LogP contribution in [-0.2, 0) is 0 Å². The second kappa shape index (κ2) is 6.05. The number of nitrogens with zero attached hydrogens (tertiary/aromatic N) is 1. The zero-order valence-corrected chi connectivity index (χ0v) is 11.3. The van der Waals surface area contributed by atoms with E-state index in [4.69, 9.17) is 16.6 Å². The predicted octanol–water partition coefficient (Wildman–Crippen LogP) is 4.58. The molecule has 0 aromatic heterocycles. The van der Waals surface area contributed by atoms with Crippen LogP contribution in [-0.4, -0.2) is 11.8 Å². The highest BCUT2D eigenvalue weighted by atomic mass is 35.5. The minimum absolute atomic E-state index is 0.385. The highest BCUT2D eigenvalue weighted by molar-refractivity contribution is 6.30. The van der Waals surface area contributed by atoms with Gasteiger partial charge in [0.25, 0.3) is 0 Å². The maximum atomic E-state index is 5.85. The molecule has 0 spiro atoms. The normalized spacial score (nSPS) is 14.2. The van der Waals surface area contributed by atoms with E-state index in [0.29, 0.717) is 12.0 Å². The maximum absolute atomic E-state index is 5.85. The summed E-state index contributed by atoms with van der Waals surface area (Å²) in [5.74, 6) is 0.691. The Bertz CT molecular complexity index is 352. The SMILES string of the molecule is CC(=N[C@@H](C)CC(C)C)c1ccc(Cl)cc1. The molecule has 0 aliphatic rings. The Kier molecular flexibility index (Phi) is 5.01. The fourth-order valence-electron chi connectivity index (χ4n) is 1.83. The Labute approximate surface area is 104 Å². The molecule has 0 saturated carbocycles. The molecule has 2 heteroatoms. The fourth-order valence-corrected chi connectivity index (χ4v) is 1.96. The topological polar surface area (TPSA) is 12.4 Å². The van der Waals surface area contributed by atoms with Gasteiger partial charge < -0.3 is 0 Å². The largest absolute Gasteiger partial charge is 0.286 e. The summed E-state index contributed by atoms with van der Waals surface area (Å²) in [4.78, 5) is 4.69. The van der Waals surface area contributed by atoms with Gasteiger partial charge in [-0.05, 0) is 43.9 Å². The molecule has 1 aromatic rings. The molecular weight excluding hydrogens is 218 g/mol. The maximum Gasteiger partial charge on any atom is 0.0477 e. The minimum Gasteiger partial charge on any atom is -0.286 e. The monoisotopic (exact) mass is 237 g/mol. The molecule has 0 N–H and O–H groups in total. The minimum atomic E-state index is 0.385.